The van der Waals surface area contributed by atoms with Gasteiger partial charge in [-0.3, -0.25) is 9.59 Å². The first-order valence-electron chi connectivity index (χ1n) is 6.10. The molecule has 100 valence electrons. The third kappa shape index (κ3) is 2.39. The maximum atomic E-state index is 12.0. The second-order valence-electron chi connectivity index (χ2n) is 4.53. The number of nitrogens with one attached hydrogen (secondary N) is 1. The van der Waals surface area contributed by atoms with Crippen molar-refractivity contribution in [1.82, 2.24) is 10.2 Å². The molecule has 0 saturated heterocycles. The summed E-state index contributed by atoms with van der Waals surface area (Å²) in [6.07, 6.45) is 0.758. The number of carbonyl (C=O) groups excluding carboxylic acids is 1. The number of ether oxygens (including phenoxy) is 1. The average molecular weight is 254 g/mol. The molecule has 0 aliphatic carbocycles. The quantitative estimate of drug-likeness (QED) is 0.727. The number of carboxylic acid groups (broad SMARTS) is 1. The SMILES string of the molecule is COCCN1C(=O)CC(C(=O)O)C2=C1CCNC2. The molecule has 18 heavy (non-hydrogen) atoms. The summed E-state index contributed by atoms with van der Waals surface area (Å²) in [6, 6.07) is 0. The van der Waals surface area contributed by atoms with Crippen LogP contribution in [0.1, 0.15) is 12.8 Å². The third-order valence-corrected chi connectivity index (χ3v) is 3.47. The Hall–Kier alpha value is -1.40. The molecule has 0 radical (unpaired) electrons. The second-order valence-corrected chi connectivity index (χ2v) is 4.53. The van der Waals surface area contributed by atoms with Crippen LogP contribution in [0, 0.1) is 5.92 Å². The molecule has 0 spiro atoms. The van der Waals surface area contributed by atoms with E-state index < -0.39 is 11.9 Å². The molecule has 1 amide bonds. The van der Waals surface area contributed by atoms with Crippen molar-refractivity contribution in [2.75, 3.05) is 33.4 Å². The predicted molar refractivity (Wildman–Crippen MR) is 63.8 cm³/mol. The van der Waals surface area contributed by atoms with Gasteiger partial charge in [0.05, 0.1) is 12.5 Å². The lowest BCUT2D eigenvalue weighted by Gasteiger charge is -2.37. The number of carboxylic acids is 1. The first-order chi connectivity index (χ1) is 8.65. The van der Waals surface area contributed by atoms with E-state index >= 15 is 0 Å². The minimum absolute atomic E-state index is 0.0551. The van der Waals surface area contributed by atoms with Gasteiger partial charge >= 0.3 is 5.97 Å². The van der Waals surface area contributed by atoms with Crippen LogP contribution in [-0.4, -0.2) is 55.2 Å². The van der Waals surface area contributed by atoms with Gasteiger partial charge in [0.25, 0.3) is 0 Å². The van der Waals surface area contributed by atoms with Crippen LogP contribution in [-0.2, 0) is 14.3 Å². The lowest BCUT2D eigenvalue weighted by atomic mass is 9.86. The molecule has 1 atom stereocenters. The summed E-state index contributed by atoms with van der Waals surface area (Å²) in [5, 5.41) is 12.4. The number of amides is 1. The fourth-order valence-corrected chi connectivity index (χ4v) is 2.56. The Morgan fingerprint density at radius 2 is 2.39 bits per heavy atom. The molecule has 0 aromatic heterocycles. The summed E-state index contributed by atoms with van der Waals surface area (Å²) in [5.41, 5.74) is 1.74. The van der Waals surface area contributed by atoms with Gasteiger partial charge in [-0.05, 0) is 5.57 Å². The fraction of sp³-hybridized carbons (Fsp3) is 0.667. The Labute approximate surface area is 106 Å². The van der Waals surface area contributed by atoms with Crippen LogP contribution in [0.5, 0.6) is 0 Å². The van der Waals surface area contributed by atoms with Gasteiger partial charge in [0.2, 0.25) is 5.91 Å². The summed E-state index contributed by atoms with van der Waals surface area (Å²) in [6.45, 7) is 2.30. The molecule has 0 bridgehead atoms. The van der Waals surface area contributed by atoms with Gasteiger partial charge in [0, 0.05) is 45.3 Å². The average Bonchev–Trinajstić information content (AvgIpc) is 2.36. The van der Waals surface area contributed by atoms with E-state index in [2.05, 4.69) is 5.32 Å². The lowest BCUT2D eigenvalue weighted by molar-refractivity contribution is -0.145. The van der Waals surface area contributed by atoms with Gasteiger partial charge in [-0.1, -0.05) is 0 Å². The van der Waals surface area contributed by atoms with Crippen molar-refractivity contribution in [3.05, 3.63) is 11.3 Å². The third-order valence-electron chi connectivity index (χ3n) is 3.47. The molecule has 2 N–H and O–H groups in total. The number of carbonyl (C=O) groups is 2. The molecular formula is C12H18N2O4. The Bertz CT molecular complexity index is 392. The molecule has 6 nitrogen and oxygen atoms in total. The number of hydrogen-bond donors (Lipinski definition) is 2. The molecular weight excluding hydrogens is 236 g/mol. The molecule has 6 heteroatoms. The van der Waals surface area contributed by atoms with Crippen molar-refractivity contribution in [3.63, 3.8) is 0 Å². The minimum atomic E-state index is -0.911. The number of hydrogen-bond acceptors (Lipinski definition) is 4. The van der Waals surface area contributed by atoms with Crippen LogP contribution in [0.2, 0.25) is 0 Å². The van der Waals surface area contributed by atoms with Crippen molar-refractivity contribution >= 4 is 11.9 Å². The molecule has 0 aromatic carbocycles. The van der Waals surface area contributed by atoms with E-state index in [4.69, 9.17) is 4.74 Å². The Kier molecular flexibility index (Phi) is 3.98. The van der Waals surface area contributed by atoms with E-state index in [1.807, 2.05) is 0 Å². The zero-order valence-electron chi connectivity index (χ0n) is 10.4. The highest BCUT2D eigenvalue weighted by molar-refractivity contribution is 5.88. The summed E-state index contributed by atoms with van der Waals surface area (Å²) in [4.78, 5) is 24.9. The molecule has 2 heterocycles. The van der Waals surface area contributed by atoms with Gasteiger partial charge in [-0.15, -0.1) is 0 Å². The van der Waals surface area contributed by atoms with Crippen molar-refractivity contribution in [2.45, 2.75) is 12.8 Å². The summed E-state index contributed by atoms with van der Waals surface area (Å²) >= 11 is 0. The van der Waals surface area contributed by atoms with Crippen LogP contribution in [0.4, 0.5) is 0 Å². The van der Waals surface area contributed by atoms with E-state index in [-0.39, 0.29) is 12.3 Å². The van der Waals surface area contributed by atoms with Crippen molar-refractivity contribution < 1.29 is 19.4 Å². The Balaban J connectivity index is 2.29. The van der Waals surface area contributed by atoms with E-state index in [1.165, 1.54) is 0 Å². The van der Waals surface area contributed by atoms with Gasteiger partial charge in [0.1, 0.15) is 0 Å². The van der Waals surface area contributed by atoms with Gasteiger partial charge in [-0.2, -0.15) is 0 Å². The van der Waals surface area contributed by atoms with Crippen LogP contribution in [0.15, 0.2) is 11.3 Å². The minimum Gasteiger partial charge on any atom is -0.481 e. The molecule has 1 unspecified atom stereocenters. The van der Waals surface area contributed by atoms with E-state index in [0.29, 0.717) is 26.1 Å². The number of rotatable bonds is 4. The molecule has 0 saturated carbocycles. The van der Waals surface area contributed by atoms with Crippen molar-refractivity contribution in [2.24, 2.45) is 5.92 Å². The second kappa shape index (κ2) is 5.49. The maximum Gasteiger partial charge on any atom is 0.311 e. The summed E-state index contributed by atoms with van der Waals surface area (Å²) in [7, 11) is 1.59. The number of methoxy groups -OCH3 is 1. The maximum absolute atomic E-state index is 12.0. The largest absolute Gasteiger partial charge is 0.481 e. The van der Waals surface area contributed by atoms with Gasteiger partial charge < -0.3 is 20.1 Å². The zero-order valence-corrected chi connectivity index (χ0v) is 10.4. The highest BCUT2D eigenvalue weighted by Crippen LogP contribution is 2.31. The lowest BCUT2D eigenvalue weighted by Crippen LogP contribution is -2.46. The summed E-state index contributed by atoms with van der Waals surface area (Å²) in [5.74, 6) is -1.69. The predicted octanol–water partition coefficient (Wildman–Crippen LogP) is -0.187. The first-order valence-corrected chi connectivity index (χ1v) is 6.10. The summed E-state index contributed by atoms with van der Waals surface area (Å²) < 4.78 is 5.00. The van der Waals surface area contributed by atoms with Crippen molar-refractivity contribution in [1.29, 1.82) is 0 Å². The Morgan fingerprint density at radius 1 is 1.61 bits per heavy atom. The molecule has 2 aliphatic rings. The fourth-order valence-electron chi connectivity index (χ4n) is 2.56. The van der Waals surface area contributed by atoms with Gasteiger partial charge in [0.15, 0.2) is 0 Å². The normalized spacial score (nSPS) is 24.2. The highest BCUT2D eigenvalue weighted by Gasteiger charge is 2.37. The van der Waals surface area contributed by atoms with Crippen LogP contribution < -0.4 is 5.32 Å². The molecule has 2 aliphatic heterocycles. The topological polar surface area (TPSA) is 78.9 Å². The molecule has 0 fully saturated rings. The van der Waals surface area contributed by atoms with Crippen LogP contribution in [0.3, 0.4) is 0 Å². The van der Waals surface area contributed by atoms with E-state index in [9.17, 15) is 14.7 Å². The standard InChI is InChI=1S/C12H18N2O4/c1-18-5-4-14-10-2-3-13-7-9(10)8(12(16)17)6-11(14)15/h8,13H,2-7H2,1H3,(H,16,17). The zero-order chi connectivity index (χ0) is 13.1. The molecule has 0 aromatic rings. The smallest absolute Gasteiger partial charge is 0.311 e. The highest BCUT2D eigenvalue weighted by atomic mass is 16.5. The van der Waals surface area contributed by atoms with E-state index in [0.717, 1.165) is 17.8 Å². The molecule has 2 rings (SSSR count). The van der Waals surface area contributed by atoms with Crippen molar-refractivity contribution in [3.8, 4) is 0 Å². The Morgan fingerprint density at radius 3 is 3.06 bits per heavy atom. The first kappa shape index (κ1) is 13.0. The van der Waals surface area contributed by atoms with Crippen LogP contribution >= 0.6 is 0 Å². The van der Waals surface area contributed by atoms with E-state index in [1.54, 1.807) is 12.0 Å². The monoisotopic (exact) mass is 254 g/mol. The number of nitrogens with zero attached hydrogens (tertiary/aromatic N) is 1. The van der Waals surface area contributed by atoms with Gasteiger partial charge in [-0.25, -0.2) is 0 Å². The number of aliphatic carboxylic acids is 1. The van der Waals surface area contributed by atoms with Crippen LogP contribution in [0.25, 0.3) is 0 Å².